The molecular formula is C14H12F5. The predicted octanol–water partition coefficient (Wildman–Crippen LogP) is 4.34. The Morgan fingerprint density at radius 2 is 1.47 bits per heavy atom. The van der Waals surface area contributed by atoms with E-state index in [1.807, 2.05) is 19.3 Å². The van der Waals surface area contributed by atoms with Crippen molar-refractivity contribution in [3.05, 3.63) is 53.9 Å². The van der Waals surface area contributed by atoms with Crippen LogP contribution in [-0.4, -0.2) is 0 Å². The lowest BCUT2D eigenvalue weighted by Crippen LogP contribution is -2.12. The van der Waals surface area contributed by atoms with E-state index in [2.05, 4.69) is 0 Å². The van der Waals surface area contributed by atoms with Gasteiger partial charge in [0.25, 0.3) is 0 Å². The molecule has 1 aromatic carbocycles. The fraction of sp³-hybridized carbons (Fsp3) is 0.357. The quantitative estimate of drug-likeness (QED) is 0.437. The first-order chi connectivity index (χ1) is 9.02. The average Bonchev–Trinajstić information content (AvgIpc) is 2.44. The van der Waals surface area contributed by atoms with Crippen LogP contribution in [0, 0.1) is 54.3 Å². The van der Waals surface area contributed by atoms with Crippen molar-refractivity contribution in [2.75, 3.05) is 0 Å². The summed E-state index contributed by atoms with van der Waals surface area (Å²) >= 11 is 0. The molecule has 1 aliphatic carbocycles. The normalized spacial score (nSPS) is 16.9. The van der Waals surface area contributed by atoms with Gasteiger partial charge in [0.2, 0.25) is 5.82 Å². The molecule has 1 unspecified atom stereocenters. The van der Waals surface area contributed by atoms with Gasteiger partial charge in [-0.25, -0.2) is 22.0 Å². The van der Waals surface area contributed by atoms with Gasteiger partial charge in [0.15, 0.2) is 23.3 Å². The second-order valence-corrected chi connectivity index (χ2v) is 4.55. The highest BCUT2D eigenvalue weighted by Crippen LogP contribution is 2.29. The zero-order chi connectivity index (χ0) is 14.0. The van der Waals surface area contributed by atoms with Gasteiger partial charge in [0, 0.05) is 5.56 Å². The van der Waals surface area contributed by atoms with Crippen molar-refractivity contribution in [3.8, 4) is 0 Å². The molecular weight excluding hydrogens is 263 g/mol. The average molecular weight is 275 g/mol. The van der Waals surface area contributed by atoms with Crippen molar-refractivity contribution in [2.24, 2.45) is 5.92 Å². The highest BCUT2D eigenvalue weighted by molar-refractivity contribution is 5.24. The molecule has 1 atom stereocenters. The summed E-state index contributed by atoms with van der Waals surface area (Å²) in [5, 5.41) is 0. The van der Waals surface area contributed by atoms with Gasteiger partial charge in [-0.15, -0.1) is 0 Å². The molecule has 1 saturated carbocycles. The standard InChI is InChI=1S/C14H12F5/c15-10-9(7-6-8-4-2-1-3-5-8)11(16)13(18)14(19)12(10)17/h1-2,4,8H,3,5-7H2. The molecule has 2 rings (SSSR count). The second kappa shape index (κ2) is 5.88. The van der Waals surface area contributed by atoms with Crippen LogP contribution in [0.2, 0.25) is 0 Å². The summed E-state index contributed by atoms with van der Waals surface area (Å²) in [6, 6.07) is 0. The molecule has 1 aliphatic rings. The molecule has 19 heavy (non-hydrogen) atoms. The maximum absolute atomic E-state index is 13.4. The number of halogens is 5. The first-order valence-corrected chi connectivity index (χ1v) is 6.02. The Morgan fingerprint density at radius 1 is 0.895 bits per heavy atom. The SMILES string of the molecule is Fc1c(F)c(F)c(CCC2[CH][CH][CH]CC2)c(F)c1F. The third-order valence-corrected chi connectivity index (χ3v) is 3.29. The second-order valence-electron chi connectivity index (χ2n) is 4.55. The Labute approximate surface area is 108 Å². The summed E-state index contributed by atoms with van der Waals surface area (Å²) in [6.45, 7) is 0. The smallest absolute Gasteiger partial charge is 0.200 e. The lowest BCUT2D eigenvalue weighted by atomic mass is 9.85. The fourth-order valence-corrected chi connectivity index (χ4v) is 2.18. The van der Waals surface area contributed by atoms with Gasteiger partial charge in [-0.3, -0.25) is 0 Å². The van der Waals surface area contributed by atoms with Crippen molar-refractivity contribution in [3.63, 3.8) is 0 Å². The number of hydrogen-bond acceptors (Lipinski definition) is 0. The van der Waals surface area contributed by atoms with Crippen molar-refractivity contribution in [2.45, 2.75) is 25.7 Å². The molecule has 0 amide bonds. The van der Waals surface area contributed by atoms with Gasteiger partial charge in [-0.05, 0) is 50.9 Å². The van der Waals surface area contributed by atoms with Crippen molar-refractivity contribution in [1.82, 2.24) is 0 Å². The number of hydrogen-bond donors (Lipinski definition) is 0. The largest absolute Gasteiger partial charge is 0.203 e. The van der Waals surface area contributed by atoms with E-state index >= 15 is 0 Å². The predicted molar refractivity (Wildman–Crippen MR) is 60.2 cm³/mol. The lowest BCUT2D eigenvalue weighted by molar-refractivity contribution is 0.366. The minimum Gasteiger partial charge on any atom is -0.203 e. The van der Waals surface area contributed by atoms with E-state index in [4.69, 9.17) is 0 Å². The van der Waals surface area contributed by atoms with E-state index in [0.29, 0.717) is 6.42 Å². The lowest BCUT2D eigenvalue weighted by Gasteiger charge is -2.20. The molecule has 0 bridgehead atoms. The molecule has 0 saturated heterocycles. The molecule has 1 aromatic rings. The Bertz CT molecular complexity index is 434. The van der Waals surface area contributed by atoms with E-state index in [-0.39, 0.29) is 12.3 Å². The van der Waals surface area contributed by atoms with Gasteiger partial charge in [-0.1, -0.05) is 0 Å². The molecule has 1 fully saturated rings. The summed E-state index contributed by atoms with van der Waals surface area (Å²) < 4.78 is 65.6. The summed E-state index contributed by atoms with van der Waals surface area (Å²) in [4.78, 5) is 0. The molecule has 103 valence electrons. The van der Waals surface area contributed by atoms with Crippen LogP contribution in [0.4, 0.5) is 22.0 Å². The van der Waals surface area contributed by atoms with E-state index in [1.54, 1.807) is 0 Å². The van der Waals surface area contributed by atoms with Crippen molar-refractivity contribution < 1.29 is 22.0 Å². The van der Waals surface area contributed by atoms with Crippen LogP contribution in [0.5, 0.6) is 0 Å². The molecule has 0 heterocycles. The van der Waals surface area contributed by atoms with Crippen LogP contribution in [0.1, 0.15) is 24.8 Å². The molecule has 0 N–H and O–H groups in total. The molecule has 0 aromatic heterocycles. The third kappa shape index (κ3) is 2.90. The minimum atomic E-state index is -2.11. The summed E-state index contributed by atoms with van der Waals surface area (Å²) in [5.41, 5.74) is -0.723. The Balaban J connectivity index is 2.15. The van der Waals surface area contributed by atoms with Crippen LogP contribution >= 0.6 is 0 Å². The Kier molecular flexibility index (Phi) is 4.42. The van der Waals surface area contributed by atoms with E-state index < -0.39 is 34.6 Å². The number of benzene rings is 1. The first-order valence-electron chi connectivity index (χ1n) is 6.02. The van der Waals surface area contributed by atoms with E-state index in [9.17, 15) is 22.0 Å². The third-order valence-electron chi connectivity index (χ3n) is 3.29. The summed E-state index contributed by atoms with van der Waals surface area (Å²) in [7, 11) is 0. The highest BCUT2D eigenvalue weighted by atomic mass is 19.2. The van der Waals surface area contributed by atoms with Crippen molar-refractivity contribution >= 4 is 0 Å². The van der Waals surface area contributed by atoms with Crippen LogP contribution in [0.25, 0.3) is 0 Å². The maximum Gasteiger partial charge on any atom is 0.200 e. The Morgan fingerprint density at radius 3 is 2.00 bits per heavy atom. The van der Waals surface area contributed by atoms with Crippen LogP contribution in [-0.2, 0) is 6.42 Å². The zero-order valence-corrected chi connectivity index (χ0v) is 10.0. The van der Waals surface area contributed by atoms with Crippen LogP contribution in [0.3, 0.4) is 0 Å². The zero-order valence-electron chi connectivity index (χ0n) is 10.0. The van der Waals surface area contributed by atoms with Crippen molar-refractivity contribution in [1.29, 1.82) is 0 Å². The first kappa shape index (κ1) is 14.3. The maximum atomic E-state index is 13.4. The molecule has 5 heteroatoms. The van der Waals surface area contributed by atoms with Gasteiger partial charge in [-0.2, -0.15) is 0 Å². The minimum absolute atomic E-state index is 0.111. The fourth-order valence-electron chi connectivity index (χ4n) is 2.18. The Hall–Kier alpha value is -1.13. The molecule has 3 radical (unpaired) electrons. The van der Waals surface area contributed by atoms with Gasteiger partial charge < -0.3 is 0 Å². The van der Waals surface area contributed by atoms with Crippen LogP contribution < -0.4 is 0 Å². The monoisotopic (exact) mass is 275 g/mol. The summed E-state index contributed by atoms with van der Waals surface area (Å²) in [6.07, 6.45) is 7.59. The molecule has 0 spiro atoms. The molecule has 0 nitrogen and oxygen atoms in total. The van der Waals surface area contributed by atoms with E-state index in [1.165, 1.54) is 0 Å². The van der Waals surface area contributed by atoms with Crippen LogP contribution in [0.15, 0.2) is 0 Å². The summed E-state index contributed by atoms with van der Waals surface area (Å²) in [5.74, 6) is -9.18. The highest BCUT2D eigenvalue weighted by Gasteiger charge is 2.26. The topological polar surface area (TPSA) is 0 Å². The van der Waals surface area contributed by atoms with Gasteiger partial charge in [0.1, 0.15) is 0 Å². The van der Waals surface area contributed by atoms with Gasteiger partial charge >= 0.3 is 0 Å². The molecule has 0 aliphatic heterocycles. The number of rotatable bonds is 3. The van der Waals surface area contributed by atoms with Gasteiger partial charge in [0.05, 0.1) is 0 Å². The van der Waals surface area contributed by atoms with E-state index in [0.717, 1.165) is 12.8 Å².